The van der Waals surface area contributed by atoms with Gasteiger partial charge in [-0.25, -0.2) is 17.5 Å². The third-order valence-corrected chi connectivity index (χ3v) is 4.82. The summed E-state index contributed by atoms with van der Waals surface area (Å²) in [7, 11) is -3.88. The maximum absolute atomic E-state index is 13.5. The second kappa shape index (κ2) is 5.93. The Morgan fingerprint density at radius 1 is 1.42 bits per heavy atom. The lowest BCUT2D eigenvalue weighted by Crippen LogP contribution is -2.54. The van der Waals surface area contributed by atoms with Crippen LogP contribution in [0.3, 0.4) is 0 Å². The standard InChI is InChI=1S/C11H14ClFN2O2S.ClH/c12-8-2-3-10(9(13)6-8)18(16,17)15-7-11(14)4-1-5-11;/h2-3,6,15H,1,4-5,7,14H2;1H. The molecule has 1 aromatic carbocycles. The van der Waals surface area contributed by atoms with Gasteiger partial charge in [-0.2, -0.15) is 0 Å². The molecule has 4 nitrogen and oxygen atoms in total. The van der Waals surface area contributed by atoms with Gasteiger partial charge in [0, 0.05) is 17.1 Å². The minimum atomic E-state index is -3.88. The quantitative estimate of drug-likeness (QED) is 0.888. The molecule has 3 N–H and O–H groups in total. The van der Waals surface area contributed by atoms with Crippen molar-refractivity contribution in [2.45, 2.75) is 29.7 Å². The highest BCUT2D eigenvalue weighted by atomic mass is 35.5. The molecule has 0 atom stereocenters. The molecule has 1 aromatic rings. The van der Waals surface area contributed by atoms with Gasteiger partial charge in [-0.1, -0.05) is 11.6 Å². The van der Waals surface area contributed by atoms with Crippen molar-refractivity contribution in [1.82, 2.24) is 4.72 Å². The molecule has 0 radical (unpaired) electrons. The molecule has 0 aliphatic heterocycles. The Bertz CT molecular complexity index is 562. The van der Waals surface area contributed by atoms with E-state index in [4.69, 9.17) is 17.3 Å². The molecule has 108 valence electrons. The summed E-state index contributed by atoms with van der Waals surface area (Å²) in [4.78, 5) is -0.408. The van der Waals surface area contributed by atoms with E-state index in [1.807, 2.05) is 0 Å². The van der Waals surface area contributed by atoms with Crippen molar-refractivity contribution < 1.29 is 12.8 Å². The zero-order valence-electron chi connectivity index (χ0n) is 10.0. The molecule has 2 rings (SSSR count). The molecule has 0 unspecified atom stereocenters. The van der Waals surface area contributed by atoms with Crippen molar-refractivity contribution in [3.05, 3.63) is 29.0 Å². The second-order valence-electron chi connectivity index (χ2n) is 4.62. The van der Waals surface area contributed by atoms with Crippen LogP contribution in [0.2, 0.25) is 5.02 Å². The summed E-state index contributed by atoms with van der Waals surface area (Å²) in [6.45, 7) is 0.122. The molecule has 0 heterocycles. The second-order valence-corrected chi connectivity index (χ2v) is 6.79. The molecule has 1 aliphatic rings. The van der Waals surface area contributed by atoms with Crippen LogP contribution >= 0.6 is 24.0 Å². The van der Waals surface area contributed by atoms with E-state index in [0.29, 0.717) is 0 Å². The van der Waals surface area contributed by atoms with Crippen LogP contribution in [0.4, 0.5) is 4.39 Å². The number of benzene rings is 1. The SMILES string of the molecule is Cl.NC1(CNS(=O)(=O)c2ccc(Cl)cc2F)CCC1. The fourth-order valence-electron chi connectivity index (χ4n) is 1.82. The molecule has 0 bridgehead atoms. The van der Waals surface area contributed by atoms with Gasteiger partial charge in [-0.15, -0.1) is 12.4 Å². The zero-order valence-corrected chi connectivity index (χ0v) is 12.4. The summed E-state index contributed by atoms with van der Waals surface area (Å²) in [5.41, 5.74) is 5.42. The molecule has 1 fully saturated rings. The highest BCUT2D eigenvalue weighted by Gasteiger charge is 2.34. The predicted octanol–water partition coefficient (Wildman–Crippen LogP) is 2.06. The van der Waals surface area contributed by atoms with Crippen molar-refractivity contribution >= 4 is 34.0 Å². The third-order valence-electron chi connectivity index (χ3n) is 3.15. The van der Waals surface area contributed by atoms with Crippen molar-refractivity contribution in [1.29, 1.82) is 0 Å². The summed E-state index contributed by atoms with van der Waals surface area (Å²) in [5.74, 6) is -0.866. The molecule has 0 saturated heterocycles. The number of sulfonamides is 1. The van der Waals surface area contributed by atoms with Crippen LogP contribution in [0.5, 0.6) is 0 Å². The minimum absolute atomic E-state index is 0. The van der Waals surface area contributed by atoms with Crippen molar-refractivity contribution in [3.8, 4) is 0 Å². The lowest BCUT2D eigenvalue weighted by Gasteiger charge is -2.38. The fraction of sp³-hybridized carbons (Fsp3) is 0.455. The molecule has 19 heavy (non-hydrogen) atoms. The van der Waals surface area contributed by atoms with Crippen molar-refractivity contribution in [2.75, 3.05) is 6.54 Å². The van der Waals surface area contributed by atoms with Gasteiger partial charge in [-0.05, 0) is 37.5 Å². The third kappa shape index (κ3) is 3.79. The van der Waals surface area contributed by atoms with E-state index in [1.165, 1.54) is 6.07 Å². The van der Waals surface area contributed by atoms with Crippen LogP contribution in [0.25, 0.3) is 0 Å². The van der Waals surface area contributed by atoms with E-state index in [0.717, 1.165) is 31.4 Å². The normalized spacial score (nSPS) is 17.4. The predicted molar refractivity (Wildman–Crippen MR) is 74.6 cm³/mol. The zero-order chi connectivity index (χ0) is 13.4. The summed E-state index contributed by atoms with van der Waals surface area (Å²) in [6, 6.07) is 3.45. The summed E-state index contributed by atoms with van der Waals surface area (Å²) in [5, 5.41) is 0.153. The lowest BCUT2D eigenvalue weighted by molar-refractivity contribution is 0.251. The van der Waals surface area contributed by atoms with Crippen molar-refractivity contribution in [2.24, 2.45) is 5.73 Å². The minimum Gasteiger partial charge on any atom is -0.324 e. The largest absolute Gasteiger partial charge is 0.324 e. The topological polar surface area (TPSA) is 72.2 Å². The first-order valence-electron chi connectivity index (χ1n) is 5.56. The van der Waals surface area contributed by atoms with Crippen LogP contribution < -0.4 is 10.5 Å². The van der Waals surface area contributed by atoms with Crippen LogP contribution in [-0.4, -0.2) is 20.5 Å². The fourth-order valence-corrected chi connectivity index (χ4v) is 3.17. The van der Waals surface area contributed by atoms with Crippen LogP contribution in [-0.2, 0) is 10.0 Å². The number of rotatable bonds is 4. The molecule has 1 aliphatic carbocycles. The molecule has 8 heteroatoms. The Labute approximate surface area is 123 Å². The molecular formula is C11H15Cl2FN2O2S. The average Bonchev–Trinajstić information content (AvgIpc) is 2.23. The molecular weight excluding hydrogens is 314 g/mol. The van der Waals surface area contributed by atoms with Gasteiger partial charge in [0.15, 0.2) is 0 Å². The first-order valence-corrected chi connectivity index (χ1v) is 7.42. The highest BCUT2D eigenvalue weighted by Crippen LogP contribution is 2.28. The Morgan fingerprint density at radius 2 is 2.05 bits per heavy atom. The van der Waals surface area contributed by atoms with Crippen LogP contribution in [0.1, 0.15) is 19.3 Å². The number of nitrogens with two attached hydrogens (primary N) is 1. The Morgan fingerprint density at radius 3 is 2.53 bits per heavy atom. The van der Waals surface area contributed by atoms with Gasteiger partial charge >= 0.3 is 0 Å². The maximum atomic E-state index is 13.5. The summed E-state index contributed by atoms with van der Waals surface area (Å²) < 4.78 is 39.7. The highest BCUT2D eigenvalue weighted by molar-refractivity contribution is 7.89. The van der Waals surface area contributed by atoms with Gasteiger partial charge in [-0.3, -0.25) is 0 Å². The first kappa shape index (κ1) is 16.7. The van der Waals surface area contributed by atoms with E-state index in [-0.39, 0.29) is 24.0 Å². The van der Waals surface area contributed by atoms with Crippen molar-refractivity contribution in [3.63, 3.8) is 0 Å². The van der Waals surface area contributed by atoms with E-state index in [9.17, 15) is 12.8 Å². The first-order chi connectivity index (χ1) is 8.32. The molecule has 0 aromatic heterocycles. The molecule has 0 amide bonds. The van der Waals surface area contributed by atoms with Gasteiger partial charge in [0.2, 0.25) is 10.0 Å². The summed E-state index contributed by atoms with van der Waals surface area (Å²) >= 11 is 5.57. The number of nitrogens with one attached hydrogen (secondary N) is 1. The monoisotopic (exact) mass is 328 g/mol. The summed E-state index contributed by atoms with van der Waals surface area (Å²) in [6.07, 6.45) is 2.55. The molecule has 1 saturated carbocycles. The average molecular weight is 329 g/mol. The lowest BCUT2D eigenvalue weighted by atomic mass is 9.78. The van der Waals surface area contributed by atoms with Gasteiger partial charge < -0.3 is 5.73 Å². The molecule has 0 spiro atoms. The number of hydrogen-bond acceptors (Lipinski definition) is 3. The Hall–Kier alpha value is -0.400. The van der Waals surface area contributed by atoms with Gasteiger partial charge in [0.1, 0.15) is 10.7 Å². The van der Waals surface area contributed by atoms with Gasteiger partial charge in [0.05, 0.1) is 0 Å². The Kier molecular flexibility index (Phi) is 5.20. The Balaban J connectivity index is 0.00000180. The van der Waals surface area contributed by atoms with Gasteiger partial charge in [0.25, 0.3) is 0 Å². The van der Waals surface area contributed by atoms with Crippen LogP contribution in [0.15, 0.2) is 23.1 Å². The van der Waals surface area contributed by atoms with E-state index in [1.54, 1.807) is 0 Å². The van der Waals surface area contributed by atoms with Crippen LogP contribution in [0, 0.1) is 5.82 Å². The van der Waals surface area contributed by atoms with E-state index in [2.05, 4.69) is 4.72 Å². The number of hydrogen-bond donors (Lipinski definition) is 2. The van der Waals surface area contributed by atoms with E-state index >= 15 is 0 Å². The maximum Gasteiger partial charge on any atom is 0.243 e. The number of halogens is 3. The van der Waals surface area contributed by atoms with E-state index < -0.39 is 26.3 Å². The smallest absolute Gasteiger partial charge is 0.243 e.